The van der Waals surface area contributed by atoms with Gasteiger partial charge in [0.2, 0.25) is 0 Å². The minimum absolute atomic E-state index is 0.762. The molecule has 19 heavy (non-hydrogen) atoms. The van der Waals surface area contributed by atoms with Crippen LogP contribution in [0.15, 0.2) is 60.7 Å². The molecular weight excluding hydrogens is 247 g/mol. The molecule has 0 saturated heterocycles. The van der Waals surface area contributed by atoms with Gasteiger partial charge in [0.15, 0.2) is 0 Å². The fourth-order valence-electron chi connectivity index (χ4n) is 2.20. The minimum atomic E-state index is 0.762. The quantitative estimate of drug-likeness (QED) is 0.559. The Morgan fingerprint density at radius 3 is 1.26 bits per heavy atom. The third-order valence-corrected chi connectivity index (χ3v) is 4.86. The molecule has 0 aliphatic rings. The molecule has 0 N–H and O–H groups in total. The van der Waals surface area contributed by atoms with Crippen LogP contribution in [0.5, 0.6) is 0 Å². The Morgan fingerprint density at radius 2 is 0.895 bits per heavy atom. The van der Waals surface area contributed by atoms with E-state index < -0.39 is 0 Å². The summed E-state index contributed by atoms with van der Waals surface area (Å²) >= 11 is 0. The highest BCUT2D eigenvalue weighted by molar-refractivity contribution is 7.37. The van der Waals surface area contributed by atoms with Crippen LogP contribution in [-0.4, -0.2) is 0 Å². The molecule has 0 aliphatic heterocycles. The Morgan fingerprint density at radius 1 is 0.526 bits per heavy atom. The summed E-state index contributed by atoms with van der Waals surface area (Å²) in [5.41, 5.74) is 5.33. The molecule has 1 heterocycles. The number of aryl methyl sites for hydroxylation is 2. The van der Waals surface area contributed by atoms with Crippen molar-refractivity contribution in [1.82, 2.24) is 0 Å². The molecular formula is C18H17P. The second-order valence-electron chi connectivity index (χ2n) is 5.02. The van der Waals surface area contributed by atoms with Gasteiger partial charge in [-0.3, -0.25) is 0 Å². The molecule has 0 aliphatic carbocycles. The van der Waals surface area contributed by atoms with Crippen molar-refractivity contribution in [3.63, 3.8) is 0 Å². The lowest BCUT2D eigenvalue weighted by Gasteiger charge is -2.00. The molecule has 0 spiro atoms. The second-order valence-corrected chi connectivity index (χ2v) is 6.35. The Kier molecular flexibility index (Phi) is 3.27. The van der Waals surface area contributed by atoms with Crippen molar-refractivity contribution in [2.75, 3.05) is 0 Å². The topological polar surface area (TPSA) is 0 Å². The minimum Gasteiger partial charge on any atom is -0.123 e. The third-order valence-electron chi connectivity index (χ3n) is 3.41. The van der Waals surface area contributed by atoms with E-state index in [1.807, 2.05) is 0 Å². The summed E-state index contributed by atoms with van der Waals surface area (Å²) in [6, 6.07) is 22.2. The van der Waals surface area contributed by atoms with Crippen LogP contribution in [0.1, 0.15) is 11.1 Å². The van der Waals surface area contributed by atoms with E-state index in [0.717, 1.165) is 8.19 Å². The first-order chi connectivity index (χ1) is 9.22. The molecule has 2 aromatic carbocycles. The molecule has 0 atom stereocenters. The zero-order valence-electron chi connectivity index (χ0n) is 11.3. The Bertz CT molecular complexity index is 612. The summed E-state index contributed by atoms with van der Waals surface area (Å²) in [5.74, 6) is 0. The molecule has 3 aromatic rings. The largest absolute Gasteiger partial charge is 0.123 e. The van der Waals surface area contributed by atoms with Crippen LogP contribution < -0.4 is 0 Å². The Labute approximate surface area is 116 Å². The van der Waals surface area contributed by atoms with Crippen LogP contribution in [0.2, 0.25) is 0 Å². The summed E-state index contributed by atoms with van der Waals surface area (Å²) in [5, 5.41) is 2.88. The smallest absolute Gasteiger partial charge is 0.00121 e. The number of benzene rings is 2. The molecule has 0 bridgehead atoms. The average molecular weight is 264 g/mol. The fourth-order valence-corrected chi connectivity index (χ4v) is 3.44. The average Bonchev–Trinajstić information content (AvgIpc) is 2.90. The molecule has 94 valence electrons. The number of rotatable bonds is 2. The van der Waals surface area contributed by atoms with E-state index in [1.54, 1.807) is 0 Å². The zero-order chi connectivity index (χ0) is 13.2. The highest BCUT2D eigenvalue weighted by atomic mass is 31.0. The normalized spacial score (nSPS) is 10.6. The Balaban J connectivity index is 1.95. The van der Waals surface area contributed by atoms with Crippen molar-refractivity contribution in [2.45, 2.75) is 13.8 Å². The van der Waals surface area contributed by atoms with Gasteiger partial charge in [0, 0.05) is 0 Å². The van der Waals surface area contributed by atoms with Crippen LogP contribution >= 0.6 is 8.19 Å². The van der Waals surface area contributed by atoms with E-state index >= 15 is 0 Å². The fraction of sp³-hybridized carbons (Fsp3) is 0.111. The SMILES string of the molecule is Cc1ccc(-c2ccc(-c3ccc(C)cc3)[pH]2)cc1. The van der Waals surface area contributed by atoms with Crippen molar-refractivity contribution in [3.8, 4) is 21.7 Å². The molecule has 0 nitrogen and oxygen atoms in total. The van der Waals surface area contributed by atoms with Gasteiger partial charge < -0.3 is 0 Å². The molecule has 0 saturated carbocycles. The van der Waals surface area contributed by atoms with E-state index in [4.69, 9.17) is 0 Å². The number of hydrogen-bond donors (Lipinski definition) is 0. The Hall–Kier alpha value is -1.78. The van der Waals surface area contributed by atoms with E-state index in [0.29, 0.717) is 0 Å². The highest BCUT2D eigenvalue weighted by Crippen LogP contribution is 2.38. The summed E-state index contributed by atoms with van der Waals surface area (Å²) in [7, 11) is 0.762. The summed E-state index contributed by atoms with van der Waals surface area (Å²) in [6.07, 6.45) is 0. The maximum atomic E-state index is 2.26. The van der Waals surface area contributed by atoms with Crippen molar-refractivity contribution in [3.05, 3.63) is 71.8 Å². The maximum Gasteiger partial charge on any atom is -0.00121 e. The maximum absolute atomic E-state index is 2.26. The summed E-state index contributed by atoms with van der Waals surface area (Å²) < 4.78 is 0. The van der Waals surface area contributed by atoms with E-state index in [1.165, 1.54) is 32.8 Å². The molecule has 3 rings (SSSR count). The van der Waals surface area contributed by atoms with Crippen LogP contribution in [0, 0.1) is 13.8 Å². The van der Waals surface area contributed by atoms with E-state index in [-0.39, 0.29) is 0 Å². The molecule has 0 amide bonds. The lowest BCUT2D eigenvalue weighted by molar-refractivity contribution is 1.48. The first-order valence-corrected chi connectivity index (χ1v) is 7.55. The first kappa shape index (κ1) is 12.3. The predicted octanol–water partition coefficient (Wildman–Crippen LogP) is 5.67. The van der Waals surface area contributed by atoms with Crippen molar-refractivity contribution >= 4 is 8.19 Å². The lowest BCUT2D eigenvalue weighted by atomic mass is 10.1. The van der Waals surface area contributed by atoms with Crippen molar-refractivity contribution in [1.29, 1.82) is 0 Å². The zero-order valence-corrected chi connectivity index (χ0v) is 12.3. The van der Waals surface area contributed by atoms with Gasteiger partial charge in [-0.1, -0.05) is 59.7 Å². The van der Waals surface area contributed by atoms with Gasteiger partial charge in [-0.15, -0.1) is 8.19 Å². The van der Waals surface area contributed by atoms with Gasteiger partial charge in [-0.25, -0.2) is 0 Å². The van der Waals surface area contributed by atoms with Gasteiger partial charge in [0.05, 0.1) is 0 Å². The highest BCUT2D eigenvalue weighted by Gasteiger charge is 2.03. The van der Waals surface area contributed by atoms with Gasteiger partial charge >= 0.3 is 0 Å². The van der Waals surface area contributed by atoms with E-state index in [2.05, 4.69) is 74.5 Å². The standard InChI is InChI=1S/C18H17P/c1-13-3-7-15(8-4-13)17-11-12-18(19-17)16-9-5-14(2)6-10-16/h3-12,19H,1-2H3. The monoisotopic (exact) mass is 264 g/mol. The molecule has 0 fully saturated rings. The van der Waals surface area contributed by atoms with Crippen molar-refractivity contribution in [2.24, 2.45) is 0 Å². The first-order valence-electron chi connectivity index (χ1n) is 6.55. The van der Waals surface area contributed by atoms with E-state index in [9.17, 15) is 0 Å². The van der Waals surface area contributed by atoms with Crippen LogP contribution in [0.25, 0.3) is 21.7 Å². The van der Waals surface area contributed by atoms with Gasteiger partial charge in [-0.05, 0) is 47.7 Å². The van der Waals surface area contributed by atoms with Crippen LogP contribution in [0.4, 0.5) is 0 Å². The van der Waals surface area contributed by atoms with Gasteiger partial charge in [0.1, 0.15) is 0 Å². The molecule has 0 unspecified atom stereocenters. The molecule has 0 radical (unpaired) electrons. The number of hydrogen-bond acceptors (Lipinski definition) is 0. The van der Waals surface area contributed by atoms with Crippen LogP contribution in [-0.2, 0) is 0 Å². The summed E-state index contributed by atoms with van der Waals surface area (Å²) in [4.78, 5) is 0. The molecule has 1 aromatic heterocycles. The summed E-state index contributed by atoms with van der Waals surface area (Å²) in [6.45, 7) is 4.26. The van der Waals surface area contributed by atoms with Crippen LogP contribution in [0.3, 0.4) is 0 Å². The van der Waals surface area contributed by atoms with Gasteiger partial charge in [-0.2, -0.15) is 0 Å². The third kappa shape index (κ3) is 2.64. The molecule has 1 heteroatoms. The van der Waals surface area contributed by atoms with Crippen molar-refractivity contribution < 1.29 is 0 Å². The van der Waals surface area contributed by atoms with Gasteiger partial charge in [0.25, 0.3) is 0 Å². The predicted molar refractivity (Wildman–Crippen MR) is 86.3 cm³/mol. The second kappa shape index (κ2) is 5.07. The lowest BCUT2D eigenvalue weighted by Crippen LogP contribution is -1.73.